The van der Waals surface area contributed by atoms with Gasteiger partial charge >= 0.3 is 0 Å². The van der Waals surface area contributed by atoms with Crippen molar-refractivity contribution in [2.45, 2.75) is 26.7 Å². The molecule has 74 valence electrons. The minimum absolute atomic E-state index is 0.000830. The van der Waals surface area contributed by atoms with Crippen LogP contribution in [0.25, 0.3) is 0 Å². The van der Waals surface area contributed by atoms with Crippen LogP contribution in [0.3, 0.4) is 0 Å². The van der Waals surface area contributed by atoms with Crippen LogP contribution in [0.2, 0.25) is 0 Å². The fourth-order valence-corrected chi connectivity index (χ4v) is 1.19. The molecule has 0 aliphatic carbocycles. The Morgan fingerprint density at radius 2 is 1.85 bits per heavy atom. The first-order valence-electron chi connectivity index (χ1n) is 4.04. The summed E-state index contributed by atoms with van der Waals surface area (Å²) in [4.78, 5) is 21.9. The average molecular weight is 202 g/mol. The molecule has 0 spiro atoms. The molecule has 0 amide bonds. The van der Waals surface area contributed by atoms with E-state index in [1.54, 1.807) is 0 Å². The van der Waals surface area contributed by atoms with Gasteiger partial charge in [0.2, 0.25) is 0 Å². The lowest BCUT2D eigenvalue weighted by Gasteiger charge is -2.11. The average Bonchev–Trinajstić information content (AvgIpc) is 2.02. The molecule has 0 saturated carbocycles. The van der Waals surface area contributed by atoms with Gasteiger partial charge in [0.15, 0.2) is 5.05 Å². The Balaban J connectivity index is 4.18. The molecule has 0 aromatic carbocycles. The van der Waals surface area contributed by atoms with Crippen LogP contribution < -0.4 is 0 Å². The van der Waals surface area contributed by atoms with E-state index in [1.807, 2.05) is 0 Å². The first kappa shape index (κ1) is 12.2. The Hall–Kier alpha value is -0.770. The van der Waals surface area contributed by atoms with E-state index < -0.39 is 0 Å². The topological polar surface area (TPSA) is 43.4 Å². The molecule has 4 heteroatoms. The van der Waals surface area contributed by atoms with Gasteiger partial charge in [0.05, 0.1) is 7.11 Å². The van der Waals surface area contributed by atoms with E-state index >= 15 is 0 Å². The number of rotatable bonds is 5. The van der Waals surface area contributed by atoms with Crippen LogP contribution in [0.1, 0.15) is 26.7 Å². The van der Waals surface area contributed by atoms with E-state index in [1.165, 1.54) is 21.0 Å². The Labute approximate surface area is 83.5 Å². The Morgan fingerprint density at radius 1 is 1.31 bits per heavy atom. The Morgan fingerprint density at radius 3 is 2.15 bits per heavy atom. The van der Waals surface area contributed by atoms with E-state index in [9.17, 15) is 9.59 Å². The lowest BCUT2D eigenvalue weighted by molar-refractivity contribution is -0.125. The van der Waals surface area contributed by atoms with Gasteiger partial charge in [0, 0.05) is 18.8 Å². The predicted octanol–water partition coefficient (Wildman–Crippen LogP) is 1.53. The third kappa shape index (κ3) is 5.47. The number of methoxy groups -OCH3 is 1. The van der Waals surface area contributed by atoms with E-state index in [4.69, 9.17) is 17.0 Å². The van der Waals surface area contributed by atoms with Crippen LogP contribution in [-0.2, 0) is 14.3 Å². The normalized spacial score (nSPS) is 11.9. The molecule has 0 rings (SSSR count). The summed E-state index contributed by atoms with van der Waals surface area (Å²) in [5.74, 6) is -0.335. The predicted molar refractivity (Wildman–Crippen MR) is 53.7 cm³/mol. The fourth-order valence-electron chi connectivity index (χ4n) is 0.991. The van der Waals surface area contributed by atoms with Crippen LogP contribution in [0.5, 0.6) is 0 Å². The SMILES string of the molecule is COC(=S)CC(CC(C)=O)C(C)=O. The molecule has 0 aliphatic rings. The second-order valence-electron chi connectivity index (χ2n) is 2.99. The minimum Gasteiger partial charge on any atom is -0.490 e. The maximum Gasteiger partial charge on any atom is 0.159 e. The summed E-state index contributed by atoms with van der Waals surface area (Å²) in [7, 11) is 1.47. The molecule has 0 heterocycles. The van der Waals surface area contributed by atoms with Crippen molar-refractivity contribution in [3.05, 3.63) is 0 Å². The maximum absolute atomic E-state index is 11.1. The maximum atomic E-state index is 11.1. The highest BCUT2D eigenvalue weighted by Gasteiger charge is 2.18. The summed E-state index contributed by atoms with van der Waals surface area (Å²) in [6, 6.07) is 0. The fraction of sp³-hybridized carbons (Fsp3) is 0.667. The third-order valence-electron chi connectivity index (χ3n) is 1.75. The molecule has 1 atom stereocenters. The molecular weight excluding hydrogens is 188 g/mol. The van der Waals surface area contributed by atoms with Gasteiger partial charge in [-0.25, -0.2) is 0 Å². The number of hydrogen-bond acceptors (Lipinski definition) is 4. The summed E-state index contributed by atoms with van der Waals surface area (Å²) >= 11 is 4.82. The lowest BCUT2D eigenvalue weighted by Crippen LogP contribution is -2.18. The van der Waals surface area contributed by atoms with Gasteiger partial charge in [0.25, 0.3) is 0 Å². The molecule has 0 aromatic rings. The van der Waals surface area contributed by atoms with Gasteiger partial charge in [0.1, 0.15) is 11.6 Å². The molecule has 0 aliphatic heterocycles. The van der Waals surface area contributed by atoms with Crippen molar-refractivity contribution in [1.82, 2.24) is 0 Å². The number of thiocarbonyl (C=S) groups is 1. The second kappa shape index (κ2) is 5.80. The molecule has 1 unspecified atom stereocenters. The summed E-state index contributed by atoms with van der Waals surface area (Å²) in [6.07, 6.45) is 0.611. The highest BCUT2D eigenvalue weighted by Crippen LogP contribution is 2.12. The van der Waals surface area contributed by atoms with Crippen molar-refractivity contribution in [3.63, 3.8) is 0 Å². The molecule has 0 fully saturated rings. The van der Waals surface area contributed by atoms with Gasteiger partial charge in [-0.05, 0) is 26.1 Å². The zero-order valence-electron chi connectivity index (χ0n) is 8.12. The highest BCUT2D eigenvalue weighted by atomic mass is 32.1. The van der Waals surface area contributed by atoms with Crippen LogP contribution >= 0.6 is 12.2 Å². The van der Waals surface area contributed by atoms with Crippen LogP contribution in [0, 0.1) is 5.92 Å². The van der Waals surface area contributed by atoms with Crippen molar-refractivity contribution >= 4 is 28.8 Å². The highest BCUT2D eigenvalue weighted by molar-refractivity contribution is 7.80. The third-order valence-corrected chi connectivity index (χ3v) is 2.08. The van der Waals surface area contributed by atoms with E-state index in [0.717, 1.165) is 0 Å². The molecule has 3 nitrogen and oxygen atoms in total. The van der Waals surface area contributed by atoms with Gasteiger partial charge in [-0.15, -0.1) is 0 Å². The summed E-state index contributed by atoms with van der Waals surface area (Å²) < 4.78 is 4.78. The first-order chi connectivity index (χ1) is 5.97. The quantitative estimate of drug-likeness (QED) is 0.634. The number of ether oxygens (including phenoxy) is 1. The summed E-state index contributed by atoms with van der Waals surface area (Å²) in [5.41, 5.74) is 0. The molecule has 13 heavy (non-hydrogen) atoms. The standard InChI is InChI=1S/C9H14O3S/c1-6(10)4-8(7(2)11)5-9(13)12-3/h8H,4-5H2,1-3H3. The molecule has 0 N–H and O–H groups in total. The van der Waals surface area contributed by atoms with Crippen LogP contribution in [0.15, 0.2) is 0 Å². The molecule has 0 saturated heterocycles. The largest absolute Gasteiger partial charge is 0.490 e. The molecule has 0 radical (unpaired) electrons. The van der Waals surface area contributed by atoms with Crippen molar-refractivity contribution in [1.29, 1.82) is 0 Å². The smallest absolute Gasteiger partial charge is 0.159 e. The zero-order chi connectivity index (χ0) is 10.4. The van der Waals surface area contributed by atoms with Gasteiger partial charge in [-0.1, -0.05) is 0 Å². The van der Waals surface area contributed by atoms with E-state index in [0.29, 0.717) is 11.5 Å². The van der Waals surface area contributed by atoms with Crippen molar-refractivity contribution in [3.8, 4) is 0 Å². The van der Waals surface area contributed by atoms with Gasteiger partial charge < -0.3 is 9.53 Å². The van der Waals surface area contributed by atoms with E-state index in [-0.39, 0.29) is 23.9 Å². The molecular formula is C9H14O3S. The van der Waals surface area contributed by atoms with Crippen molar-refractivity contribution < 1.29 is 14.3 Å². The number of hydrogen-bond donors (Lipinski definition) is 0. The monoisotopic (exact) mass is 202 g/mol. The van der Waals surface area contributed by atoms with Crippen molar-refractivity contribution in [2.75, 3.05) is 7.11 Å². The molecule has 0 aromatic heterocycles. The Bertz CT molecular complexity index is 223. The minimum atomic E-state index is -0.315. The molecule has 0 bridgehead atoms. The first-order valence-corrected chi connectivity index (χ1v) is 4.45. The zero-order valence-corrected chi connectivity index (χ0v) is 8.94. The number of carbonyl (C=O) groups is 2. The van der Waals surface area contributed by atoms with E-state index in [2.05, 4.69) is 0 Å². The summed E-state index contributed by atoms with van der Waals surface area (Å²) in [5, 5.41) is 0.376. The van der Waals surface area contributed by atoms with Gasteiger partial charge in [-0.3, -0.25) is 4.79 Å². The number of ketones is 2. The number of Topliss-reactive ketones (excluding diaryl/α,β-unsaturated/α-hetero) is 2. The van der Waals surface area contributed by atoms with Crippen molar-refractivity contribution in [2.24, 2.45) is 5.92 Å². The van der Waals surface area contributed by atoms with Gasteiger partial charge in [-0.2, -0.15) is 0 Å². The Kier molecular flexibility index (Phi) is 5.46. The summed E-state index contributed by atoms with van der Waals surface area (Å²) in [6.45, 7) is 2.93. The second-order valence-corrected chi connectivity index (χ2v) is 3.45. The lowest BCUT2D eigenvalue weighted by atomic mass is 9.96. The van der Waals surface area contributed by atoms with Crippen LogP contribution in [0.4, 0.5) is 0 Å². The number of carbonyl (C=O) groups excluding carboxylic acids is 2. The van der Waals surface area contributed by atoms with Crippen LogP contribution in [-0.4, -0.2) is 23.7 Å².